The van der Waals surface area contributed by atoms with Gasteiger partial charge >= 0.3 is 0 Å². The molecular weight excluding hydrogens is 238 g/mol. The van der Waals surface area contributed by atoms with E-state index in [0.717, 1.165) is 11.1 Å². The van der Waals surface area contributed by atoms with Gasteiger partial charge in [0.25, 0.3) is 0 Å². The first-order valence-corrected chi connectivity index (χ1v) is 6.66. The molecule has 0 bridgehead atoms. The van der Waals surface area contributed by atoms with Crippen molar-refractivity contribution >= 4 is 5.78 Å². The van der Waals surface area contributed by atoms with Crippen molar-refractivity contribution in [1.29, 1.82) is 0 Å². The second kappa shape index (κ2) is 8.47. The lowest BCUT2D eigenvalue weighted by molar-refractivity contribution is -0.118. The number of carbonyl (C=O) groups is 1. The Bertz CT molecular complexity index is 471. The SMILES string of the molecule is CCC(=O)CCC#Cc1cccc(C(O)CCN)c1. The van der Waals surface area contributed by atoms with Crippen LogP contribution in [0.1, 0.15) is 49.8 Å². The average molecular weight is 259 g/mol. The normalized spacial score (nSPS) is 11.5. The summed E-state index contributed by atoms with van der Waals surface area (Å²) in [7, 11) is 0. The van der Waals surface area contributed by atoms with Crippen molar-refractivity contribution in [3.05, 3.63) is 35.4 Å². The highest BCUT2D eigenvalue weighted by Crippen LogP contribution is 2.16. The van der Waals surface area contributed by atoms with Crippen LogP contribution in [0.3, 0.4) is 0 Å². The van der Waals surface area contributed by atoms with E-state index in [1.807, 2.05) is 31.2 Å². The molecule has 0 saturated carbocycles. The zero-order chi connectivity index (χ0) is 14.1. The fourth-order valence-electron chi connectivity index (χ4n) is 1.69. The molecule has 0 fully saturated rings. The molecule has 0 heterocycles. The Morgan fingerprint density at radius 3 is 2.95 bits per heavy atom. The fraction of sp³-hybridized carbons (Fsp3) is 0.438. The Labute approximate surface area is 114 Å². The molecule has 3 N–H and O–H groups in total. The maximum absolute atomic E-state index is 11.1. The first-order valence-electron chi connectivity index (χ1n) is 6.66. The van der Waals surface area contributed by atoms with E-state index in [0.29, 0.717) is 32.2 Å². The standard InChI is InChI=1S/C16H21NO2/c1-2-15(18)9-4-3-6-13-7-5-8-14(12-13)16(19)10-11-17/h5,7-8,12,16,19H,2,4,9-11,17H2,1H3. The quantitative estimate of drug-likeness (QED) is 0.770. The molecule has 0 aliphatic carbocycles. The number of ketones is 1. The molecule has 1 unspecified atom stereocenters. The summed E-state index contributed by atoms with van der Waals surface area (Å²) in [5.74, 6) is 6.24. The molecule has 0 aliphatic heterocycles. The summed E-state index contributed by atoms with van der Waals surface area (Å²) in [5.41, 5.74) is 7.12. The summed E-state index contributed by atoms with van der Waals surface area (Å²) in [5, 5.41) is 9.85. The van der Waals surface area contributed by atoms with Crippen molar-refractivity contribution in [2.24, 2.45) is 5.73 Å². The van der Waals surface area contributed by atoms with Crippen LogP contribution in [-0.2, 0) is 4.79 Å². The molecule has 19 heavy (non-hydrogen) atoms. The van der Waals surface area contributed by atoms with Crippen LogP contribution in [0.4, 0.5) is 0 Å². The van der Waals surface area contributed by atoms with Crippen molar-refractivity contribution in [2.45, 2.75) is 38.7 Å². The lowest BCUT2D eigenvalue weighted by Crippen LogP contribution is -2.06. The number of aliphatic hydroxyl groups excluding tert-OH is 1. The Hall–Kier alpha value is -1.63. The number of hydrogen-bond acceptors (Lipinski definition) is 3. The van der Waals surface area contributed by atoms with Gasteiger partial charge in [-0.05, 0) is 30.7 Å². The topological polar surface area (TPSA) is 63.3 Å². The Morgan fingerprint density at radius 2 is 2.26 bits per heavy atom. The highest BCUT2D eigenvalue weighted by molar-refractivity contribution is 5.78. The summed E-state index contributed by atoms with van der Waals surface area (Å²) in [6, 6.07) is 7.50. The molecule has 3 nitrogen and oxygen atoms in total. The van der Waals surface area contributed by atoms with E-state index in [4.69, 9.17) is 5.73 Å². The van der Waals surface area contributed by atoms with Crippen molar-refractivity contribution in [2.75, 3.05) is 6.54 Å². The monoisotopic (exact) mass is 259 g/mol. The van der Waals surface area contributed by atoms with Gasteiger partial charge in [0.05, 0.1) is 6.10 Å². The summed E-state index contributed by atoms with van der Waals surface area (Å²) >= 11 is 0. The van der Waals surface area contributed by atoms with Gasteiger partial charge in [-0.15, -0.1) is 0 Å². The molecule has 1 aromatic rings. The molecule has 0 aliphatic rings. The minimum atomic E-state index is -0.534. The summed E-state index contributed by atoms with van der Waals surface area (Å²) in [6.45, 7) is 2.31. The Balaban J connectivity index is 2.62. The molecule has 0 saturated heterocycles. The maximum atomic E-state index is 11.1. The minimum Gasteiger partial charge on any atom is -0.388 e. The third-order valence-electron chi connectivity index (χ3n) is 2.87. The van der Waals surface area contributed by atoms with Crippen LogP contribution in [0.25, 0.3) is 0 Å². The number of nitrogens with two attached hydrogens (primary N) is 1. The summed E-state index contributed by atoms with van der Waals surface area (Å²) in [6.07, 6.45) is 1.68. The molecule has 0 aromatic heterocycles. The number of hydrogen-bond donors (Lipinski definition) is 2. The van der Waals surface area contributed by atoms with E-state index in [-0.39, 0.29) is 5.78 Å². The van der Waals surface area contributed by atoms with Crippen LogP contribution < -0.4 is 5.73 Å². The lowest BCUT2D eigenvalue weighted by atomic mass is 10.0. The predicted octanol–water partition coefficient (Wildman–Crippen LogP) is 2.18. The van der Waals surface area contributed by atoms with E-state index >= 15 is 0 Å². The van der Waals surface area contributed by atoms with Gasteiger partial charge in [-0.25, -0.2) is 0 Å². The second-order valence-corrected chi connectivity index (χ2v) is 4.41. The Kier molecular flexibility index (Phi) is 6.88. The molecule has 1 rings (SSSR count). The lowest BCUT2D eigenvalue weighted by Gasteiger charge is -2.09. The first kappa shape index (κ1) is 15.4. The average Bonchev–Trinajstić information content (AvgIpc) is 2.44. The summed E-state index contributed by atoms with van der Waals surface area (Å²) < 4.78 is 0. The third kappa shape index (κ3) is 5.69. The third-order valence-corrected chi connectivity index (χ3v) is 2.87. The van der Waals surface area contributed by atoms with Gasteiger partial charge < -0.3 is 10.8 Å². The van der Waals surface area contributed by atoms with Crippen LogP contribution in [0, 0.1) is 11.8 Å². The van der Waals surface area contributed by atoms with Gasteiger partial charge in [-0.3, -0.25) is 4.79 Å². The van der Waals surface area contributed by atoms with Crippen molar-refractivity contribution in [3.8, 4) is 11.8 Å². The van der Waals surface area contributed by atoms with Crippen molar-refractivity contribution in [1.82, 2.24) is 0 Å². The Morgan fingerprint density at radius 1 is 1.47 bits per heavy atom. The molecular formula is C16H21NO2. The highest BCUT2D eigenvalue weighted by atomic mass is 16.3. The van der Waals surface area contributed by atoms with Gasteiger partial charge in [-0.1, -0.05) is 30.9 Å². The molecule has 0 radical (unpaired) electrons. The molecule has 3 heteroatoms. The number of carbonyl (C=O) groups excluding carboxylic acids is 1. The summed E-state index contributed by atoms with van der Waals surface area (Å²) in [4.78, 5) is 11.1. The number of benzene rings is 1. The smallest absolute Gasteiger partial charge is 0.133 e. The zero-order valence-electron chi connectivity index (χ0n) is 11.4. The van der Waals surface area contributed by atoms with Gasteiger partial charge in [0.15, 0.2) is 0 Å². The van der Waals surface area contributed by atoms with E-state index < -0.39 is 6.10 Å². The van der Waals surface area contributed by atoms with Gasteiger partial charge in [0.2, 0.25) is 0 Å². The number of Topliss-reactive ketones (excluding diaryl/α,β-unsaturated/α-hetero) is 1. The zero-order valence-corrected chi connectivity index (χ0v) is 11.4. The maximum Gasteiger partial charge on any atom is 0.133 e. The van der Waals surface area contributed by atoms with Gasteiger partial charge in [0.1, 0.15) is 5.78 Å². The van der Waals surface area contributed by atoms with Crippen LogP contribution in [0.2, 0.25) is 0 Å². The van der Waals surface area contributed by atoms with Crippen molar-refractivity contribution in [3.63, 3.8) is 0 Å². The predicted molar refractivity (Wildman–Crippen MR) is 76.5 cm³/mol. The number of rotatable bonds is 6. The van der Waals surface area contributed by atoms with Crippen LogP contribution in [0.15, 0.2) is 24.3 Å². The molecule has 0 spiro atoms. The van der Waals surface area contributed by atoms with E-state index in [1.165, 1.54) is 0 Å². The highest BCUT2D eigenvalue weighted by Gasteiger charge is 2.05. The van der Waals surface area contributed by atoms with E-state index in [9.17, 15) is 9.90 Å². The molecule has 1 atom stereocenters. The largest absolute Gasteiger partial charge is 0.388 e. The molecule has 102 valence electrons. The van der Waals surface area contributed by atoms with E-state index in [1.54, 1.807) is 0 Å². The second-order valence-electron chi connectivity index (χ2n) is 4.41. The minimum absolute atomic E-state index is 0.237. The molecule has 0 amide bonds. The fourth-order valence-corrected chi connectivity index (χ4v) is 1.69. The molecule has 1 aromatic carbocycles. The van der Waals surface area contributed by atoms with E-state index in [2.05, 4.69) is 11.8 Å². The van der Waals surface area contributed by atoms with Gasteiger partial charge in [0, 0.05) is 24.8 Å². The van der Waals surface area contributed by atoms with Crippen molar-refractivity contribution < 1.29 is 9.90 Å². The van der Waals surface area contributed by atoms with Crippen LogP contribution in [-0.4, -0.2) is 17.4 Å². The van der Waals surface area contributed by atoms with Crippen LogP contribution in [0.5, 0.6) is 0 Å². The van der Waals surface area contributed by atoms with Gasteiger partial charge in [-0.2, -0.15) is 0 Å². The van der Waals surface area contributed by atoms with Crippen LogP contribution >= 0.6 is 0 Å². The number of aliphatic hydroxyl groups is 1. The first-order chi connectivity index (χ1) is 9.17.